The highest BCUT2D eigenvalue weighted by Gasteiger charge is 2.53. The summed E-state index contributed by atoms with van der Waals surface area (Å²) in [7, 11) is 0. The van der Waals surface area contributed by atoms with Crippen molar-refractivity contribution in [3.05, 3.63) is 129 Å². The number of benzene rings is 4. The van der Waals surface area contributed by atoms with E-state index in [1.807, 2.05) is 0 Å². The molecule has 4 fully saturated rings. The van der Waals surface area contributed by atoms with Crippen LogP contribution in [0.3, 0.4) is 0 Å². The molecule has 190 valence electrons. The fourth-order valence-electron chi connectivity index (χ4n) is 10.0. The molecule has 4 saturated carbocycles. The van der Waals surface area contributed by atoms with E-state index in [0.717, 1.165) is 22.8 Å². The molecule has 0 nitrogen and oxygen atoms in total. The van der Waals surface area contributed by atoms with Crippen LogP contribution < -0.4 is 0 Å². The van der Waals surface area contributed by atoms with Gasteiger partial charge < -0.3 is 0 Å². The van der Waals surface area contributed by atoms with Crippen molar-refractivity contribution in [3.63, 3.8) is 0 Å². The normalized spacial score (nSPS) is 27.8. The Morgan fingerprint density at radius 2 is 1.05 bits per heavy atom. The van der Waals surface area contributed by atoms with Crippen molar-refractivity contribution < 1.29 is 0 Å². The summed E-state index contributed by atoms with van der Waals surface area (Å²) in [5, 5.41) is 0.895. The zero-order chi connectivity index (χ0) is 25.6. The van der Waals surface area contributed by atoms with Crippen LogP contribution in [0.1, 0.15) is 77.5 Å². The first-order valence-corrected chi connectivity index (χ1v) is 14.9. The number of aryl methyl sites for hydroxylation is 1. The van der Waals surface area contributed by atoms with E-state index < -0.39 is 0 Å². The zero-order valence-corrected chi connectivity index (χ0v) is 23.2. The number of fused-ring (bicyclic) bond motifs is 3. The van der Waals surface area contributed by atoms with E-state index in [4.69, 9.17) is 11.6 Å². The summed E-state index contributed by atoms with van der Waals surface area (Å²) < 4.78 is 0. The van der Waals surface area contributed by atoms with Gasteiger partial charge >= 0.3 is 0 Å². The Morgan fingerprint density at radius 1 is 0.579 bits per heavy atom. The van der Waals surface area contributed by atoms with Crippen molar-refractivity contribution in [1.82, 2.24) is 0 Å². The van der Waals surface area contributed by atoms with Crippen LogP contribution in [-0.4, -0.2) is 0 Å². The van der Waals surface area contributed by atoms with Gasteiger partial charge in [0.2, 0.25) is 0 Å². The number of halogens is 1. The Balaban J connectivity index is 1.47. The fraction of sp³-hybridized carbons (Fsp3) is 0.351. The molecule has 0 heterocycles. The SMILES string of the molecule is Cc1ccccc1C1(c2cc(Cl)cc(C34CC5CC(CC(C5)C3)C4)c2C)c2ccccc2-c2ccccc21. The molecule has 5 aliphatic rings. The summed E-state index contributed by atoms with van der Waals surface area (Å²) in [6, 6.07) is 31.9. The van der Waals surface area contributed by atoms with Crippen LogP contribution in [0.15, 0.2) is 84.9 Å². The Kier molecular flexibility index (Phi) is 4.92. The maximum Gasteiger partial charge on any atom is 0.0719 e. The second kappa shape index (κ2) is 8.09. The van der Waals surface area contributed by atoms with Crippen molar-refractivity contribution in [2.75, 3.05) is 0 Å². The fourth-order valence-corrected chi connectivity index (χ4v) is 10.2. The van der Waals surface area contributed by atoms with Gasteiger partial charge in [0.05, 0.1) is 5.41 Å². The summed E-state index contributed by atoms with van der Waals surface area (Å²) in [4.78, 5) is 0. The Labute approximate surface area is 232 Å². The third kappa shape index (κ3) is 2.99. The molecule has 4 aromatic carbocycles. The van der Waals surface area contributed by atoms with Crippen LogP contribution in [0.5, 0.6) is 0 Å². The van der Waals surface area contributed by atoms with Crippen LogP contribution in [0.4, 0.5) is 0 Å². The van der Waals surface area contributed by atoms with Crippen LogP contribution in [0, 0.1) is 31.6 Å². The largest absolute Gasteiger partial charge is 0.0843 e. The van der Waals surface area contributed by atoms with E-state index >= 15 is 0 Å². The van der Waals surface area contributed by atoms with Crippen molar-refractivity contribution in [2.24, 2.45) is 17.8 Å². The maximum absolute atomic E-state index is 7.18. The van der Waals surface area contributed by atoms with E-state index in [9.17, 15) is 0 Å². The van der Waals surface area contributed by atoms with Crippen molar-refractivity contribution in [2.45, 2.75) is 63.2 Å². The van der Waals surface area contributed by atoms with Crippen LogP contribution in [0.2, 0.25) is 5.02 Å². The molecule has 0 unspecified atom stereocenters. The third-order valence-electron chi connectivity index (χ3n) is 10.9. The van der Waals surface area contributed by atoms with E-state index in [-0.39, 0.29) is 5.41 Å². The Bertz CT molecular complexity index is 1510. The van der Waals surface area contributed by atoms with Gasteiger partial charge in [-0.1, -0.05) is 84.4 Å². The van der Waals surface area contributed by atoms with Crippen LogP contribution in [-0.2, 0) is 10.8 Å². The van der Waals surface area contributed by atoms with Crippen LogP contribution >= 0.6 is 11.6 Å². The molecule has 0 amide bonds. The molecule has 1 heteroatoms. The molecule has 0 saturated heterocycles. The molecule has 0 radical (unpaired) electrons. The highest BCUT2D eigenvalue weighted by molar-refractivity contribution is 6.30. The van der Waals surface area contributed by atoms with Gasteiger partial charge in [-0.3, -0.25) is 0 Å². The zero-order valence-electron chi connectivity index (χ0n) is 22.4. The summed E-state index contributed by atoms with van der Waals surface area (Å²) in [5.41, 5.74) is 12.5. The predicted molar refractivity (Wildman–Crippen MR) is 158 cm³/mol. The highest BCUT2D eigenvalue weighted by atomic mass is 35.5. The van der Waals surface area contributed by atoms with Gasteiger partial charge in [0.1, 0.15) is 0 Å². The number of rotatable bonds is 3. The first kappa shape index (κ1) is 23.1. The molecular weight excluding hydrogens is 480 g/mol. The molecular formula is C37H35Cl. The lowest BCUT2D eigenvalue weighted by molar-refractivity contribution is -0.00551. The van der Waals surface area contributed by atoms with Gasteiger partial charge in [0, 0.05) is 5.02 Å². The summed E-state index contributed by atoms with van der Waals surface area (Å²) in [6.45, 7) is 4.70. The van der Waals surface area contributed by atoms with Crippen molar-refractivity contribution in [1.29, 1.82) is 0 Å². The molecule has 4 bridgehead atoms. The lowest BCUT2D eigenvalue weighted by atomic mass is 9.47. The minimum absolute atomic E-state index is 0.295. The second-order valence-corrected chi connectivity index (χ2v) is 13.4. The monoisotopic (exact) mass is 514 g/mol. The minimum atomic E-state index is -0.384. The first-order chi connectivity index (χ1) is 18.5. The molecule has 5 aliphatic carbocycles. The van der Waals surface area contributed by atoms with Gasteiger partial charge in [-0.25, -0.2) is 0 Å². The lowest BCUT2D eigenvalue weighted by Crippen LogP contribution is -2.49. The average Bonchev–Trinajstić information content (AvgIpc) is 3.20. The quantitative estimate of drug-likeness (QED) is 0.225. The van der Waals surface area contributed by atoms with Crippen molar-refractivity contribution in [3.8, 4) is 11.1 Å². The summed E-state index contributed by atoms with van der Waals surface area (Å²) >= 11 is 7.18. The standard InChI is InChI=1S/C37H35Cl/c1-23-9-3-6-12-31(23)37(32-13-7-4-10-29(32)30-11-5-8-14-33(30)37)35-19-28(38)18-34(24(35)2)36-20-25-15-26(21-36)17-27(16-25)22-36/h3-14,18-19,25-27H,15-17,20-22H2,1-2H3. The minimum Gasteiger partial charge on any atom is -0.0843 e. The molecule has 0 aliphatic heterocycles. The smallest absolute Gasteiger partial charge is 0.0719 e. The number of hydrogen-bond acceptors (Lipinski definition) is 0. The Hall–Kier alpha value is -2.83. The Morgan fingerprint density at radius 3 is 1.61 bits per heavy atom. The van der Waals surface area contributed by atoms with Gasteiger partial charge in [-0.15, -0.1) is 0 Å². The second-order valence-electron chi connectivity index (χ2n) is 13.0. The van der Waals surface area contributed by atoms with Crippen molar-refractivity contribution >= 4 is 11.6 Å². The molecule has 0 N–H and O–H groups in total. The first-order valence-electron chi connectivity index (χ1n) is 14.6. The van der Waals surface area contributed by atoms with Gasteiger partial charge in [-0.2, -0.15) is 0 Å². The summed E-state index contributed by atoms with van der Waals surface area (Å²) in [6.07, 6.45) is 8.43. The van der Waals surface area contributed by atoms with Gasteiger partial charge in [0.25, 0.3) is 0 Å². The molecule has 0 atom stereocenters. The molecule has 0 spiro atoms. The maximum atomic E-state index is 7.18. The molecule has 0 aromatic heterocycles. The van der Waals surface area contributed by atoms with Gasteiger partial charge in [0.15, 0.2) is 0 Å². The van der Waals surface area contributed by atoms with Crippen LogP contribution in [0.25, 0.3) is 11.1 Å². The van der Waals surface area contributed by atoms with E-state index in [1.165, 1.54) is 83.0 Å². The topological polar surface area (TPSA) is 0 Å². The molecule has 38 heavy (non-hydrogen) atoms. The average molecular weight is 515 g/mol. The number of hydrogen-bond donors (Lipinski definition) is 0. The highest BCUT2D eigenvalue weighted by Crippen LogP contribution is 2.63. The third-order valence-corrected chi connectivity index (χ3v) is 11.1. The predicted octanol–water partition coefficient (Wildman–Crippen LogP) is 9.79. The molecule has 4 aromatic rings. The van der Waals surface area contributed by atoms with Gasteiger partial charge in [-0.05, 0) is 138 Å². The van der Waals surface area contributed by atoms with E-state index in [1.54, 1.807) is 5.56 Å². The van der Waals surface area contributed by atoms with E-state index in [2.05, 4.69) is 98.8 Å². The summed E-state index contributed by atoms with van der Waals surface area (Å²) in [5.74, 6) is 2.71. The molecule has 9 rings (SSSR count). The van der Waals surface area contributed by atoms with E-state index in [0.29, 0.717) is 5.41 Å². The lowest BCUT2D eigenvalue weighted by Gasteiger charge is -2.57.